The lowest BCUT2D eigenvalue weighted by Gasteiger charge is -2.60. The normalized spacial score (nSPS) is 53.0. The summed E-state index contributed by atoms with van der Waals surface area (Å²) in [6.45, 7) is 4.71. The molecule has 2 N–H and O–H groups in total. The number of hydrogen-bond acceptors (Lipinski definition) is 4. The Balaban J connectivity index is 1.53. The molecule has 0 heterocycles. The van der Waals surface area contributed by atoms with Crippen molar-refractivity contribution in [1.29, 1.82) is 0 Å². The van der Waals surface area contributed by atoms with Gasteiger partial charge in [-0.1, -0.05) is 13.8 Å². The van der Waals surface area contributed by atoms with Crippen molar-refractivity contribution in [2.24, 2.45) is 34.5 Å². The maximum atomic E-state index is 11.1. The van der Waals surface area contributed by atoms with Gasteiger partial charge in [0.2, 0.25) is 0 Å². The second-order valence-corrected chi connectivity index (χ2v) is 10.8. The molecule has 144 valence electrons. The van der Waals surface area contributed by atoms with E-state index in [-0.39, 0.29) is 23.0 Å². The molecule has 0 radical (unpaired) electrons. The van der Waals surface area contributed by atoms with Gasteiger partial charge in [-0.15, -0.1) is 0 Å². The molecule has 0 bridgehead atoms. The van der Waals surface area contributed by atoms with Crippen LogP contribution in [0, 0.1) is 34.5 Å². The van der Waals surface area contributed by atoms with Crippen LogP contribution >= 0.6 is 0 Å². The van der Waals surface area contributed by atoms with E-state index < -0.39 is 10.4 Å². The number of aliphatic hydroxyl groups excluding tert-OH is 1. The molecule has 5 nitrogen and oxygen atoms in total. The van der Waals surface area contributed by atoms with Crippen LogP contribution in [0.25, 0.3) is 0 Å². The summed E-state index contributed by atoms with van der Waals surface area (Å²) in [5.41, 5.74) is 0.354. The van der Waals surface area contributed by atoms with E-state index in [0.717, 1.165) is 38.5 Å². The lowest BCUT2D eigenvalue weighted by molar-refractivity contribution is -0.131. The summed E-state index contributed by atoms with van der Waals surface area (Å²) in [7, 11) is -4.36. The molecule has 4 saturated carbocycles. The Labute approximate surface area is 151 Å². The van der Waals surface area contributed by atoms with E-state index in [9.17, 15) is 13.5 Å². The van der Waals surface area contributed by atoms with Crippen molar-refractivity contribution in [3.05, 3.63) is 0 Å². The van der Waals surface area contributed by atoms with Gasteiger partial charge in [-0.2, -0.15) is 8.42 Å². The fraction of sp³-hybridized carbons (Fsp3) is 1.00. The Morgan fingerprint density at radius 1 is 0.920 bits per heavy atom. The van der Waals surface area contributed by atoms with Gasteiger partial charge in [-0.05, 0) is 92.3 Å². The molecule has 0 aliphatic heterocycles. The largest absolute Gasteiger partial charge is 0.397 e. The highest BCUT2D eigenvalue weighted by molar-refractivity contribution is 7.80. The SMILES string of the molecule is C[C@]12CC[C@H](OS(=O)(=O)O)CC1CC[C@@H]1[C@@H]2CC[C@]2(C)C(O)CC[C@@H]12. The van der Waals surface area contributed by atoms with Crippen molar-refractivity contribution in [2.75, 3.05) is 0 Å². The van der Waals surface area contributed by atoms with Crippen LogP contribution in [0.15, 0.2) is 0 Å². The minimum atomic E-state index is -4.36. The summed E-state index contributed by atoms with van der Waals surface area (Å²) in [5, 5.41) is 10.5. The van der Waals surface area contributed by atoms with E-state index in [1.165, 1.54) is 12.8 Å². The predicted molar refractivity (Wildman–Crippen MR) is 94.2 cm³/mol. The van der Waals surface area contributed by atoms with E-state index in [2.05, 4.69) is 13.8 Å². The van der Waals surface area contributed by atoms with E-state index in [1.807, 2.05) is 0 Å². The van der Waals surface area contributed by atoms with E-state index in [4.69, 9.17) is 8.74 Å². The quantitative estimate of drug-likeness (QED) is 0.724. The van der Waals surface area contributed by atoms with Gasteiger partial charge in [0.05, 0.1) is 12.2 Å². The monoisotopic (exact) mass is 372 g/mol. The van der Waals surface area contributed by atoms with Crippen molar-refractivity contribution in [2.45, 2.75) is 83.8 Å². The molecular weight excluding hydrogens is 340 g/mol. The third-order valence-electron chi connectivity index (χ3n) is 8.83. The Bertz CT molecular complexity index is 634. The molecule has 0 aromatic rings. The van der Waals surface area contributed by atoms with Gasteiger partial charge >= 0.3 is 10.4 Å². The molecule has 0 amide bonds. The molecule has 0 spiro atoms. The maximum absolute atomic E-state index is 11.1. The zero-order valence-electron chi connectivity index (χ0n) is 15.4. The Kier molecular flexibility index (Phi) is 4.31. The van der Waals surface area contributed by atoms with Gasteiger partial charge in [-0.3, -0.25) is 4.55 Å². The van der Waals surface area contributed by atoms with Crippen molar-refractivity contribution in [3.8, 4) is 0 Å². The van der Waals surface area contributed by atoms with Gasteiger partial charge in [0.15, 0.2) is 0 Å². The molecule has 4 fully saturated rings. The molecule has 0 aromatic carbocycles. The molecule has 25 heavy (non-hydrogen) atoms. The zero-order chi connectivity index (χ0) is 18.0. The first kappa shape index (κ1) is 18.2. The highest BCUT2D eigenvalue weighted by Crippen LogP contribution is 2.66. The van der Waals surface area contributed by atoms with Crippen LogP contribution in [0.2, 0.25) is 0 Å². The van der Waals surface area contributed by atoms with Crippen LogP contribution < -0.4 is 0 Å². The third kappa shape index (κ3) is 2.88. The summed E-state index contributed by atoms with van der Waals surface area (Å²) in [6, 6.07) is 0. The fourth-order valence-electron chi connectivity index (χ4n) is 7.45. The molecule has 8 atom stereocenters. The molecular formula is C19H32O5S. The first-order valence-corrected chi connectivity index (χ1v) is 11.3. The fourth-order valence-corrected chi connectivity index (χ4v) is 7.97. The van der Waals surface area contributed by atoms with Gasteiger partial charge in [0.25, 0.3) is 0 Å². The number of hydrogen-bond donors (Lipinski definition) is 2. The van der Waals surface area contributed by atoms with Crippen LogP contribution in [0.3, 0.4) is 0 Å². The van der Waals surface area contributed by atoms with Crippen molar-refractivity contribution in [1.82, 2.24) is 0 Å². The van der Waals surface area contributed by atoms with E-state index >= 15 is 0 Å². The number of fused-ring (bicyclic) bond motifs is 5. The van der Waals surface area contributed by atoms with Gasteiger partial charge in [0.1, 0.15) is 0 Å². The van der Waals surface area contributed by atoms with Crippen LogP contribution in [0.5, 0.6) is 0 Å². The second-order valence-electron chi connectivity index (χ2n) is 9.71. The van der Waals surface area contributed by atoms with Gasteiger partial charge < -0.3 is 5.11 Å². The summed E-state index contributed by atoms with van der Waals surface area (Å²) < 4.78 is 36.0. The minimum absolute atomic E-state index is 0.107. The molecule has 4 aliphatic rings. The first-order chi connectivity index (χ1) is 11.6. The van der Waals surface area contributed by atoms with Crippen LogP contribution in [0.4, 0.5) is 0 Å². The Hall–Kier alpha value is -0.170. The lowest BCUT2D eigenvalue weighted by Crippen LogP contribution is -2.54. The summed E-state index contributed by atoms with van der Waals surface area (Å²) in [4.78, 5) is 0. The van der Waals surface area contributed by atoms with Crippen LogP contribution in [-0.2, 0) is 14.6 Å². The smallest absolute Gasteiger partial charge is 0.393 e. The first-order valence-electron chi connectivity index (χ1n) is 9.97. The summed E-state index contributed by atoms with van der Waals surface area (Å²) in [5.74, 6) is 2.51. The maximum Gasteiger partial charge on any atom is 0.397 e. The highest BCUT2D eigenvalue weighted by atomic mass is 32.3. The van der Waals surface area contributed by atoms with E-state index in [0.29, 0.717) is 30.1 Å². The molecule has 0 aromatic heterocycles. The number of rotatable bonds is 2. The lowest BCUT2D eigenvalue weighted by atomic mass is 9.45. The summed E-state index contributed by atoms with van der Waals surface area (Å²) >= 11 is 0. The Morgan fingerprint density at radius 2 is 1.60 bits per heavy atom. The molecule has 6 heteroatoms. The van der Waals surface area contributed by atoms with Gasteiger partial charge in [-0.25, -0.2) is 4.18 Å². The molecule has 4 aliphatic carbocycles. The van der Waals surface area contributed by atoms with Crippen molar-refractivity contribution < 1.29 is 22.3 Å². The standard InChI is InChI=1S/C19H32O5S/c1-18-9-7-13(24-25(21,22)23)11-12(18)3-4-14-15-5-6-17(20)19(15,2)10-8-16(14)18/h12-17,20H,3-11H2,1-2H3,(H,21,22,23)/t12?,13-,14-,15-,16-,17?,18-,19-/m0/s1. The minimum Gasteiger partial charge on any atom is -0.393 e. The highest BCUT2D eigenvalue weighted by Gasteiger charge is 2.60. The topological polar surface area (TPSA) is 83.8 Å². The summed E-state index contributed by atoms with van der Waals surface area (Å²) in [6.07, 6.45) is 8.65. The van der Waals surface area contributed by atoms with Crippen LogP contribution in [0.1, 0.15) is 71.6 Å². The van der Waals surface area contributed by atoms with Crippen molar-refractivity contribution in [3.63, 3.8) is 0 Å². The van der Waals surface area contributed by atoms with Crippen LogP contribution in [-0.4, -0.2) is 30.3 Å². The molecule has 4 rings (SSSR count). The molecule has 2 unspecified atom stereocenters. The second kappa shape index (κ2) is 5.91. The van der Waals surface area contributed by atoms with E-state index in [1.54, 1.807) is 0 Å². The van der Waals surface area contributed by atoms with Crippen molar-refractivity contribution >= 4 is 10.4 Å². The average Bonchev–Trinajstić information content (AvgIpc) is 2.82. The third-order valence-corrected chi connectivity index (χ3v) is 9.34. The Morgan fingerprint density at radius 3 is 2.32 bits per heavy atom. The number of aliphatic hydroxyl groups is 1. The predicted octanol–water partition coefficient (Wildman–Crippen LogP) is 3.58. The molecule has 0 saturated heterocycles. The van der Waals surface area contributed by atoms with Gasteiger partial charge in [0, 0.05) is 0 Å². The average molecular weight is 373 g/mol. The zero-order valence-corrected chi connectivity index (χ0v) is 16.2.